The Balaban J connectivity index is 2.14. The molecule has 0 bridgehead atoms. The van der Waals surface area contributed by atoms with Crippen LogP contribution in [0.15, 0.2) is 28.0 Å². The van der Waals surface area contributed by atoms with Crippen molar-refractivity contribution < 1.29 is 13.2 Å². The Morgan fingerprint density at radius 2 is 1.92 bits per heavy atom. The zero-order chi connectivity index (χ0) is 18.4. The number of carbonyl (C=O) groups excluding carboxylic acids is 1. The molecule has 0 spiro atoms. The van der Waals surface area contributed by atoms with Gasteiger partial charge in [0.1, 0.15) is 0 Å². The molecule has 1 amide bonds. The van der Waals surface area contributed by atoms with E-state index in [0.29, 0.717) is 18.2 Å². The maximum absolute atomic E-state index is 12.6. The summed E-state index contributed by atoms with van der Waals surface area (Å²) in [5, 5.41) is 2.83. The van der Waals surface area contributed by atoms with Gasteiger partial charge in [0.25, 0.3) is 0 Å². The van der Waals surface area contributed by atoms with Crippen LogP contribution < -0.4 is 10.0 Å². The van der Waals surface area contributed by atoms with Crippen molar-refractivity contribution >= 4 is 33.4 Å². The third-order valence-electron chi connectivity index (χ3n) is 4.55. The maximum Gasteiger partial charge on any atom is 0.240 e. The van der Waals surface area contributed by atoms with Crippen molar-refractivity contribution in [2.75, 3.05) is 18.1 Å². The van der Waals surface area contributed by atoms with Gasteiger partial charge in [-0.3, -0.25) is 4.79 Å². The van der Waals surface area contributed by atoms with Crippen LogP contribution in [0.1, 0.15) is 46.0 Å². The standard InChI is InChI=1S/C18H28N2O3S2/c1-13(2)18(21)20-16-11-15(9-10-17(16)24-3)25(22,23)19-12-14-7-5-4-6-8-14/h9-11,13-14,19H,4-8,12H2,1-3H3,(H,20,21). The normalized spacial score (nSPS) is 16.2. The molecule has 140 valence electrons. The fraction of sp³-hybridized carbons (Fsp3) is 0.611. The van der Waals surface area contributed by atoms with E-state index in [1.807, 2.05) is 6.26 Å². The number of anilines is 1. The van der Waals surface area contributed by atoms with Crippen molar-refractivity contribution in [2.45, 2.75) is 55.7 Å². The van der Waals surface area contributed by atoms with Gasteiger partial charge in [-0.2, -0.15) is 0 Å². The highest BCUT2D eigenvalue weighted by molar-refractivity contribution is 7.98. The van der Waals surface area contributed by atoms with Crippen LogP contribution in [0.3, 0.4) is 0 Å². The van der Waals surface area contributed by atoms with Crippen molar-refractivity contribution in [3.05, 3.63) is 18.2 Å². The lowest BCUT2D eigenvalue weighted by Crippen LogP contribution is -2.30. The number of hydrogen-bond donors (Lipinski definition) is 2. The third-order valence-corrected chi connectivity index (χ3v) is 6.77. The van der Waals surface area contributed by atoms with Gasteiger partial charge in [-0.25, -0.2) is 13.1 Å². The number of nitrogens with one attached hydrogen (secondary N) is 2. The molecule has 1 aliphatic carbocycles. The molecule has 0 aromatic heterocycles. The van der Waals surface area contributed by atoms with Crippen LogP contribution in [0, 0.1) is 11.8 Å². The molecule has 0 unspecified atom stereocenters. The van der Waals surface area contributed by atoms with Gasteiger partial charge < -0.3 is 5.32 Å². The molecule has 0 heterocycles. The number of benzene rings is 1. The third kappa shape index (κ3) is 5.72. The highest BCUT2D eigenvalue weighted by atomic mass is 32.2. The average Bonchev–Trinajstić information content (AvgIpc) is 2.60. The summed E-state index contributed by atoms with van der Waals surface area (Å²) in [5.41, 5.74) is 0.548. The summed E-state index contributed by atoms with van der Waals surface area (Å²) in [7, 11) is -3.57. The summed E-state index contributed by atoms with van der Waals surface area (Å²) in [6.45, 7) is 4.10. The van der Waals surface area contributed by atoms with E-state index in [4.69, 9.17) is 0 Å². The van der Waals surface area contributed by atoms with E-state index in [1.54, 1.807) is 32.0 Å². The van der Waals surface area contributed by atoms with Crippen LogP contribution >= 0.6 is 11.8 Å². The minimum Gasteiger partial charge on any atom is -0.325 e. The van der Waals surface area contributed by atoms with E-state index in [0.717, 1.165) is 17.7 Å². The molecule has 1 aliphatic rings. The number of sulfonamides is 1. The first-order valence-electron chi connectivity index (χ1n) is 8.82. The molecule has 25 heavy (non-hydrogen) atoms. The van der Waals surface area contributed by atoms with Gasteiger partial charge in [0, 0.05) is 17.4 Å². The molecular formula is C18H28N2O3S2. The molecule has 0 atom stereocenters. The Morgan fingerprint density at radius 1 is 1.24 bits per heavy atom. The van der Waals surface area contributed by atoms with Gasteiger partial charge in [-0.05, 0) is 43.2 Å². The van der Waals surface area contributed by atoms with E-state index < -0.39 is 10.0 Å². The monoisotopic (exact) mass is 384 g/mol. The molecule has 7 heteroatoms. The van der Waals surface area contributed by atoms with E-state index in [1.165, 1.54) is 31.0 Å². The maximum atomic E-state index is 12.6. The predicted molar refractivity (Wildman–Crippen MR) is 103 cm³/mol. The van der Waals surface area contributed by atoms with E-state index in [-0.39, 0.29) is 16.7 Å². The summed E-state index contributed by atoms with van der Waals surface area (Å²) in [6, 6.07) is 4.89. The number of hydrogen-bond acceptors (Lipinski definition) is 4. The van der Waals surface area contributed by atoms with Gasteiger partial charge in [0.05, 0.1) is 10.6 Å². The second-order valence-corrected chi connectivity index (χ2v) is 9.48. The number of carbonyl (C=O) groups is 1. The summed E-state index contributed by atoms with van der Waals surface area (Å²) < 4.78 is 28.0. The Labute approximate surface area is 155 Å². The highest BCUT2D eigenvalue weighted by Gasteiger charge is 2.20. The Bertz CT molecular complexity index is 696. The molecule has 2 rings (SSSR count). The first kappa shape index (κ1) is 20.3. The Kier molecular flexibility index (Phi) is 7.34. The number of amides is 1. The number of thioether (sulfide) groups is 1. The van der Waals surface area contributed by atoms with Gasteiger partial charge in [0.2, 0.25) is 15.9 Å². The molecule has 1 fully saturated rings. The molecule has 5 nitrogen and oxygen atoms in total. The second-order valence-electron chi connectivity index (χ2n) is 6.86. The van der Waals surface area contributed by atoms with Gasteiger partial charge in [-0.15, -0.1) is 11.8 Å². The molecule has 1 aromatic carbocycles. The van der Waals surface area contributed by atoms with Crippen molar-refractivity contribution in [1.29, 1.82) is 0 Å². The summed E-state index contributed by atoms with van der Waals surface area (Å²) in [5.74, 6) is 0.133. The SMILES string of the molecule is CSc1ccc(S(=O)(=O)NCC2CCCCC2)cc1NC(=O)C(C)C. The summed E-state index contributed by atoms with van der Waals surface area (Å²) >= 11 is 1.47. The zero-order valence-electron chi connectivity index (χ0n) is 15.2. The van der Waals surface area contributed by atoms with Crippen LogP contribution in [0.2, 0.25) is 0 Å². The number of rotatable bonds is 7. The largest absolute Gasteiger partial charge is 0.325 e. The first-order valence-corrected chi connectivity index (χ1v) is 11.5. The minimum atomic E-state index is -3.57. The quantitative estimate of drug-likeness (QED) is 0.700. The summed E-state index contributed by atoms with van der Waals surface area (Å²) in [6.07, 6.45) is 7.68. The average molecular weight is 385 g/mol. The Hall–Kier alpha value is -1.05. The van der Waals surface area contributed by atoms with Crippen LogP contribution in [0.25, 0.3) is 0 Å². The lowest BCUT2D eigenvalue weighted by Gasteiger charge is -2.22. The van der Waals surface area contributed by atoms with E-state index in [2.05, 4.69) is 10.0 Å². The highest BCUT2D eigenvalue weighted by Crippen LogP contribution is 2.29. The molecule has 0 saturated heterocycles. The van der Waals surface area contributed by atoms with Gasteiger partial charge in [0.15, 0.2) is 0 Å². The Morgan fingerprint density at radius 3 is 2.52 bits per heavy atom. The predicted octanol–water partition coefficient (Wildman–Crippen LogP) is 3.86. The van der Waals surface area contributed by atoms with Crippen LogP contribution in [-0.4, -0.2) is 27.1 Å². The molecule has 0 radical (unpaired) electrons. The molecule has 1 aromatic rings. The van der Waals surface area contributed by atoms with Crippen molar-refractivity contribution in [2.24, 2.45) is 11.8 Å². The van der Waals surface area contributed by atoms with E-state index >= 15 is 0 Å². The molecule has 0 aliphatic heterocycles. The lowest BCUT2D eigenvalue weighted by molar-refractivity contribution is -0.118. The molecular weight excluding hydrogens is 356 g/mol. The van der Waals surface area contributed by atoms with Crippen molar-refractivity contribution in [3.8, 4) is 0 Å². The van der Waals surface area contributed by atoms with Crippen molar-refractivity contribution in [1.82, 2.24) is 4.72 Å². The minimum absolute atomic E-state index is 0.125. The summed E-state index contributed by atoms with van der Waals surface area (Å²) in [4.78, 5) is 13.0. The smallest absolute Gasteiger partial charge is 0.240 e. The fourth-order valence-corrected chi connectivity index (χ4v) is 4.61. The first-order chi connectivity index (χ1) is 11.8. The fourth-order valence-electron chi connectivity index (χ4n) is 2.93. The van der Waals surface area contributed by atoms with Crippen molar-refractivity contribution in [3.63, 3.8) is 0 Å². The van der Waals surface area contributed by atoms with Crippen LogP contribution in [0.5, 0.6) is 0 Å². The van der Waals surface area contributed by atoms with Gasteiger partial charge >= 0.3 is 0 Å². The topological polar surface area (TPSA) is 75.3 Å². The van der Waals surface area contributed by atoms with Crippen LogP contribution in [-0.2, 0) is 14.8 Å². The van der Waals surface area contributed by atoms with E-state index in [9.17, 15) is 13.2 Å². The zero-order valence-corrected chi connectivity index (χ0v) is 16.8. The molecule has 2 N–H and O–H groups in total. The molecule has 1 saturated carbocycles. The lowest BCUT2D eigenvalue weighted by atomic mass is 9.90. The van der Waals surface area contributed by atoms with Crippen LogP contribution in [0.4, 0.5) is 5.69 Å². The van der Waals surface area contributed by atoms with Gasteiger partial charge in [-0.1, -0.05) is 33.1 Å². The second kappa shape index (κ2) is 9.05.